The molecule has 4 rings (SSSR count). The van der Waals surface area contributed by atoms with Crippen molar-refractivity contribution in [2.45, 2.75) is 0 Å². The first kappa shape index (κ1) is 29.5. The zero-order valence-corrected chi connectivity index (χ0v) is 23.9. The van der Waals surface area contributed by atoms with E-state index in [4.69, 9.17) is 37.9 Å². The Bertz CT molecular complexity index is 959. The van der Waals surface area contributed by atoms with Crippen molar-refractivity contribution in [1.29, 1.82) is 0 Å². The number of allylic oxidation sites excluding steroid dienone is 2. The minimum absolute atomic E-state index is 0.540. The van der Waals surface area contributed by atoms with Gasteiger partial charge < -0.3 is 37.9 Å². The lowest BCUT2D eigenvalue weighted by molar-refractivity contribution is 0.00765. The van der Waals surface area contributed by atoms with Crippen LogP contribution in [0.4, 0.5) is 0 Å². The number of rotatable bonds is 22. The number of ether oxygens (including phenoxy) is 8. The van der Waals surface area contributed by atoms with Crippen LogP contribution in [-0.4, -0.2) is 107 Å². The zero-order valence-electron chi connectivity index (χ0n) is 22.3. The lowest BCUT2D eigenvalue weighted by Gasteiger charge is -2.09. The molecule has 0 saturated heterocycles. The Kier molecular flexibility index (Phi) is 12.9. The largest absolute Gasteiger partial charge is 0.382 e. The highest BCUT2D eigenvalue weighted by atomic mass is 32.1. The molecule has 2 aliphatic rings. The van der Waals surface area contributed by atoms with Crippen LogP contribution in [0.1, 0.15) is 20.9 Å². The van der Waals surface area contributed by atoms with Gasteiger partial charge in [0.1, 0.15) is 0 Å². The van der Waals surface area contributed by atoms with Gasteiger partial charge in [0.2, 0.25) is 0 Å². The summed E-state index contributed by atoms with van der Waals surface area (Å²) >= 11 is 3.55. The van der Waals surface area contributed by atoms with E-state index in [-0.39, 0.29) is 0 Å². The summed E-state index contributed by atoms with van der Waals surface area (Å²) in [5.74, 6) is 0. The zero-order chi connectivity index (χ0) is 26.4. The van der Waals surface area contributed by atoms with E-state index in [1.54, 1.807) is 36.9 Å². The van der Waals surface area contributed by atoms with Crippen molar-refractivity contribution in [1.82, 2.24) is 0 Å². The minimum atomic E-state index is 0.540. The van der Waals surface area contributed by atoms with Crippen LogP contribution in [0, 0.1) is 0 Å². The molecule has 2 aromatic heterocycles. The van der Waals surface area contributed by atoms with Crippen LogP contribution in [-0.2, 0) is 37.9 Å². The maximum absolute atomic E-state index is 6.07. The summed E-state index contributed by atoms with van der Waals surface area (Å²) in [6, 6.07) is 4.44. The fourth-order valence-electron chi connectivity index (χ4n) is 4.39. The monoisotopic (exact) mass is 566 g/mol. The molecule has 210 valence electrons. The smallest absolute Gasteiger partial charge is 0.0738 e. The number of fused-ring (bicyclic) bond motifs is 5. The molecule has 0 radical (unpaired) electrons. The topological polar surface area (TPSA) is 73.8 Å². The molecule has 2 aromatic rings. The van der Waals surface area contributed by atoms with Crippen molar-refractivity contribution in [2.75, 3.05) is 107 Å². The fourth-order valence-corrected chi connectivity index (χ4v) is 6.27. The highest BCUT2D eigenvalue weighted by Crippen LogP contribution is 2.58. The van der Waals surface area contributed by atoms with E-state index >= 15 is 0 Å². The molecule has 0 atom stereocenters. The molecular formula is C28H38O8S2. The fraction of sp³-hybridized carbons (Fsp3) is 0.571. The Morgan fingerprint density at radius 3 is 1.18 bits per heavy atom. The van der Waals surface area contributed by atoms with Gasteiger partial charge in [-0.15, -0.1) is 22.7 Å². The predicted molar refractivity (Wildman–Crippen MR) is 151 cm³/mol. The molecule has 0 unspecified atom stereocenters. The Hall–Kier alpha value is -1.44. The third kappa shape index (κ3) is 7.82. The summed E-state index contributed by atoms with van der Waals surface area (Å²) in [4.78, 5) is 2.60. The highest BCUT2D eigenvalue weighted by molar-refractivity contribution is 7.13. The molecule has 0 amide bonds. The Labute approximate surface area is 233 Å². The molecule has 38 heavy (non-hydrogen) atoms. The summed E-state index contributed by atoms with van der Waals surface area (Å²) in [7, 11) is 3.33. The van der Waals surface area contributed by atoms with E-state index in [1.165, 1.54) is 43.2 Å². The van der Waals surface area contributed by atoms with Crippen molar-refractivity contribution in [3.05, 3.63) is 43.8 Å². The van der Waals surface area contributed by atoms with Crippen LogP contribution < -0.4 is 0 Å². The van der Waals surface area contributed by atoms with E-state index in [0.717, 1.165) is 0 Å². The van der Waals surface area contributed by atoms with Gasteiger partial charge in [-0.05, 0) is 34.0 Å². The SMILES string of the molecule is COCCOCCOCCOCC1=C2C(=C(COCCOCCOCCOC)c3sccc32)c2ccsc21. The molecule has 2 heterocycles. The summed E-state index contributed by atoms with van der Waals surface area (Å²) < 4.78 is 44.2. The normalized spacial score (nSPS) is 14.1. The van der Waals surface area contributed by atoms with Crippen molar-refractivity contribution in [3.63, 3.8) is 0 Å². The van der Waals surface area contributed by atoms with Crippen LogP contribution in [0.2, 0.25) is 0 Å². The third-order valence-corrected chi connectivity index (χ3v) is 8.06. The van der Waals surface area contributed by atoms with E-state index in [9.17, 15) is 0 Å². The average Bonchev–Trinajstić information content (AvgIpc) is 3.69. The van der Waals surface area contributed by atoms with Crippen LogP contribution in [0.15, 0.2) is 22.9 Å². The van der Waals surface area contributed by atoms with Gasteiger partial charge in [-0.1, -0.05) is 0 Å². The average molecular weight is 567 g/mol. The highest BCUT2D eigenvalue weighted by Gasteiger charge is 2.37. The van der Waals surface area contributed by atoms with Gasteiger partial charge in [0, 0.05) is 46.2 Å². The molecule has 10 heteroatoms. The number of hydrogen-bond donors (Lipinski definition) is 0. The standard InChI is InChI=1S/C28H38O8S2/c1-29-5-7-31-9-11-33-13-15-35-19-23-25-21-3-18-38-28(21)24(26(25)22-4-17-37-27(22)23)20-36-16-14-34-12-10-32-8-6-30-2/h3-4,17-18H,5-16,19-20H2,1-2H3. The summed E-state index contributed by atoms with van der Waals surface area (Å²) in [5, 5.41) is 4.32. The van der Waals surface area contributed by atoms with Crippen LogP contribution in [0.25, 0.3) is 22.3 Å². The second-order valence-corrected chi connectivity index (χ2v) is 10.4. The first-order valence-corrected chi connectivity index (χ1v) is 14.7. The van der Waals surface area contributed by atoms with E-state index < -0.39 is 0 Å². The van der Waals surface area contributed by atoms with Crippen LogP contribution in [0.3, 0.4) is 0 Å². The number of thiophene rings is 2. The third-order valence-electron chi connectivity index (χ3n) is 6.12. The summed E-state index contributed by atoms with van der Waals surface area (Å²) in [5.41, 5.74) is 7.72. The molecule has 0 aliphatic heterocycles. The molecule has 0 bridgehead atoms. The molecule has 0 aromatic carbocycles. The lowest BCUT2D eigenvalue weighted by atomic mass is 10.0. The van der Waals surface area contributed by atoms with Crippen LogP contribution in [0.5, 0.6) is 0 Å². The van der Waals surface area contributed by atoms with Gasteiger partial charge in [0.15, 0.2) is 0 Å². The first-order chi connectivity index (χ1) is 18.9. The molecular weight excluding hydrogens is 528 g/mol. The maximum atomic E-state index is 6.07. The Balaban J connectivity index is 1.26. The molecule has 0 N–H and O–H groups in total. The molecule has 0 fully saturated rings. The second-order valence-electron chi connectivity index (χ2n) is 8.57. The molecule has 2 aliphatic carbocycles. The Morgan fingerprint density at radius 1 is 0.474 bits per heavy atom. The number of methoxy groups -OCH3 is 2. The second kappa shape index (κ2) is 16.6. The first-order valence-electron chi connectivity index (χ1n) is 12.9. The molecule has 0 spiro atoms. The summed E-state index contributed by atoms with van der Waals surface area (Å²) in [6.45, 7) is 7.88. The van der Waals surface area contributed by atoms with Gasteiger partial charge in [0.25, 0.3) is 0 Å². The maximum Gasteiger partial charge on any atom is 0.0738 e. The predicted octanol–water partition coefficient (Wildman–Crippen LogP) is 4.35. The molecule has 0 saturated carbocycles. The van der Waals surface area contributed by atoms with Gasteiger partial charge >= 0.3 is 0 Å². The van der Waals surface area contributed by atoms with E-state index in [0.29, 0.717) is 92.5 Å². The van der Waals surface area contributed by atoms with E-state index in [1.807, 2.05) is 0 Å². The van der Waals surface area contributed by atoms with Crippen molar-refractivity contribution >= 4 is 45.0 Å². The van der Waals surface area contributed by atoms with Gasteiger partial charge in [-0.25, -0.2) is 0 Å². The van der Waals surface area contributed by atoms with Crippen molar-refractivity contribution in [3.8, 4) is 0 Å². The van der Waals surface area contributed by atoms with Gasteiger partial charge in [-0.2, -0.15) is 0 Å². The van der Waals surface area contributed by atoms with Gasteiger partial charge in [0.05, 0.1) is 92.5 Å². The number of hydrogen-bond acceptors (Lipinski definition) is 10. The Morgan fingerprint density at radius 2 is 0.816 bits per heavy atom. The minimum Gasteiger partial charge on any atom is -0.382 e. The molecule has 8 nitrogen and oxygen atoms in total. The summed E-state index contributed by atoms with van der Waals surface area (Å²) in [6.07, 6.45) is 0. The van der Waals surface area contributed by atoms with Crippen LogP contribution >= 0.6 is 22.7 Å². The van der Waals surface area contributed by atoms with Crippen molar-refractivity contribution < 1.29 is 37.9 Å². The lowest BCUT2D eigenvalue weighted by Crippen LogP contribution is -2.11. The van der Waals surface area contributed by atoms with Gasteiger partial charge in [-0.3, -0.25) is 0 Å². The van der Waals surface area contributed by atoms with Crippen molar-refractivity contribution in [2.24, 2.45) is 0 Å². The quantitative estimate of drug-likeness (QED) is 0.195. The van der Waals surface area contributed by atoms with E-state index in [2.05, 4.69) is 22.9 Å².